The molecular formula is C9H12N2O2S. The van der Waals surface area contributed by atoms with Crippen molar-refractivity contribution in [3.8, 4) is 0 Å². The van der Waals surface area contributed by atoms with Crippen molar-refractivity contribution in [2.24, 2.45) is 0 Å². The smallest absolute Gasteiger partial charge is 0.193 e. The molecule has 1 aliphatic rings. The van der Waals surface area contributed by atoms with Gasteiger partial charge in [-0.15, -0.1) is 0 Å². The second-order valence-electron chi connectivity index (χ2n) is 3.63. The molecule has 2 rings (SSSR count). The molecular weight excluding hydrogens is 200 g/mol. The van der Waals surface area contributed by atoms with Gasteiger partial charge in [-0.05, 0) is 26.2 Å². The average molecular weight is 212 g/mol. The van der Waals surface area contributed by atoms with Crippen LogP contribution < -0.4 is 0 Å². The van der Waals surface area contributed by atoms with Gasteiger partial charge >= 0.3 is 0 Å². The van der Waals surface area contributed by atoms with E-state index < -0.39 is 9.84 Å². The van der Waals surface area contributed by atoms with E-state index >= 15 is 0 Å². The molecule has 0 aliphatic heterocycles. The predicted molar refractivity (Wildman–Crippen MR) is 51.9 cm³/mol. The summed E-state index contributed by atoms with van der Waals surface area (Å²) in [4.78, 5) is 8.27. The lowest BCUT2D eigenvalue weighted by atomic mass is 10.3. The molecule has 0 N–H and O–H groups in total. The Morgan fingerprint density at radius 1 is 1.21 bits per heavy atom. The van der Waals surface area contributed by atoms with Crippen LogP contribution in [-0.2, 0) is 22.7 Å². The first-order valence-corrected chi connectivity index (χ1v) is 6.44. The molecule has 0 saturated carbocycles. The second-order valence-corrected chi connectivity index (χ2v) is 5.56. The zero-order valence-electron chi connectivity index (χ0n) is 8.24. The normalized spacial score (nSPS) is 15.6. The van der Waals surface area contributed by atoms with Crippen molar-refractivity contribution in [3.63, 3.8) is 0 Å². The van der Waals surface area contributed by atoms with Gasteiger partial charge in [0, 0.05) is 17.5 Å². The number of aromatic nitrogens is 2. The molecule has 1 heterocycles. The number of sulfone groups is 1. The summed E-state index contributed by atoms with van der Waals surface area (Å²) in [7, 11) is -3.20. The molecule has 1 aromatic heterocycles. The van der Waals surface area contributed by atoms with Gasteiger partial charge in [0.05, 0.1) is 0 Å². The predicted octanol–water partition coefficient (Wildman–Crippen LogP) is 0.677. The molecule has 0 fully saturated rings. The number of nitrogens with zero attached hydrogens (tertiary/aromatic N) is 2. The van der Waals surface area contributed by atoms with E-state index in [2.05, 4.69) is 9.97 Å². The van der Waals surface area contributed by atoms with Crippen LogP contribution >= 0.6 is 0 Å². The summed E-state index contributed by atoms with van der Waals surface area (Å²) in [6, 6.07) is 0. The van der Waals surface area contributed by atoms with Crippen molar-refractivity contribution in [2.45, 2.75) is 31.2 Å². The summed E-state index contributed by atoms with van der Waals surface area (Å²) in [6.07, 6.45) is 3.85. The molecule has 5 heteroatoms. The lowest BCUT2D eigenvalue weighted by Crippen LogP contribution is -2.08. The van der Waals surface area contributed by atoms with Crippen LogP contribution in [0.2, 0.25) is 0 Å². The van der Waals surface area contributed by atoms with Crippen molar-refractivity contribution < 1.29 is 8.42 Å². The Morgan fingerprint density at radius 2 is 1.93 bits per heavy atom. The fourth-order valence-corrected chi connectivity index (χ4v) is 2.79. The molecule has 1 aliphatic carbocycles. The monoisotopic (exact) mass is 212 g/mol. The maximum atomic E-state index is 11.5. The molecule has 0 amide bonds. The highest BCUT2D eigenvalue weighted by molar-refractivity contribution is 7.90. The minimum Gasteiger partial charge on any atom is -0.238 e. The van der Waals surface area contributed by atoms with Gasteiger partial charge in [-0.3, -0.25) is 0 Å². The SMILES string of the molecule is Cc1nc2c(c(S(C)(=O)=O)n1)CCC2. The molecule has 14 heavy (non-hydrogen) atoms. The van der Waals surface area contributed by atoms with Crippen molar-refractivity contribution >= 4 is 9.84 Å². The van der Waals surface area contributed by atoms with E-state index in [-0.39, 0.29) is 5.03 Å². The van der Waals surface area contributed by atoms with E-state index in [1.165, 1.54) is 6.26 Å². The maximum absolute atomic E-state index is 11.5. The van der Waals surface area contributed by atoms with E-state index in [4.69, 9.17) is 0 Å². The molecule has 4 nitrogen and oxygen atoms in total. The fourth-order valence-electron chi connectivity index (χ4n) is 1.82. The van der Waals surface area contributed by atoms with E-state index in [9.17, 15) is 8.42 Å². The van der Waals surface area contributed by atoms with Gasteiger partial charge in [0.1, 0.15) is 5.82 Å². The molecule has 0 radical (unpaired) electrons. The van der Waals surface area contributed by atoms with Gasteiger partial charge in [-0.1, -0.05) is 0 Å². The van der Waals surface area contributed by atoms with Crippen molar-refractivity contribution in [1.82, 2.24) is 9.97 Å². The third kappa shape index (κ3) is 1.52. The quantitative estimate of drug-likeness (QED) is 0.642. The first-order chi connectivity index (χ1) is 6.48. The summed E-state index contributed by atoms with van der Waals surface area (Å²) in [5.41, 5.74) is 1.75. The third-order valence-electron chi connectivity index (χ3n) is 2.36. The number of hydrogen-bond donors (Lipinski definition) is 0. The highest BCUT2D eigenvalue weighted by Crippen LogP contribution is 2.25. The standard InChI is InChI=1S/C9H12N2O2S/c1-6-10-8-5-3-4-7(8)9(11-6)14(2,12)13/h3-5H2,1-2H3. The molecule has 0 unspecified atom stereocenters. The first kappa shape index (κ1) is 9.58. The fraction of sp³-hybridized carbons (Fsp3) is 0.556. The molecule has 0 bridgehead atoms. The van der Waals surface area contributed by atoms with Crippen LogP contribution in [0.3, 0.4) is 0 Å². The summed E-state index contributed by atoms with van der Waals surface area (Å²) < 4.78 is 22.9. The van der Waals surface area contributed by atoms with Gasteiger partial charge < -0.3 is 0 Å². The molecule has 76 valence electrons. The van der Waals surface area contributed by atoms with Gasteiger partial charge in [0.25, 0.3) is 0 Å². The van der Waals surface area contributed by atoms with Crippen molar-refractivity contribution in [1.29, 1.82) is 0 Å². The highest BCUT2D eigenvalue weighted by atomic mass is 32.2. The lowest BCUT2D eigenvalue weighted by Gasteiger charge is -2.05. The summed E-state index contributed by atoms with van der Waals surface area (Å²) in [5, 5.41) is 0.234. The number of fused-ring (bicyclic) bond motifs is 1. The lowest BCUT2D eigenvalue weighted by molar-refractivity contribution is 0.595. The van der Waals surface area contributed by atoms with Crippen LogP contribution in [0.4, 0.5) is 0 Å². The van der Waals surface area contributed by atoms with Gasteiger partial charge in [0.2, 0.25) is 0 Å². The van der Waals surface area contributed by atoms with Gasteiger partial charge in [-0.25, -0.2) is 18.4 Å². The zero-order chi connectivity index (χ0) is 10.3. The Hall–Kier alpha value is -0.970. The van der Waals surface area contributed by atoms with Crippen molar-refractivity contribution in [2.75, 3.05) is 6.26 Å². The van der Waals surface area contributed by atoms with Crippen LogP contribution in [0.1, 0.15) is 23.5 Å². The Kier molecular flexibility index (Phi) is 2.06. The van der Waals surface area contributed by atoms with Crippen LogP contribution in [-0.4, -0.2) is 24.6 Å². The Morgan fingerprint density at radius 3 is 2.57 bits per heavy atom. The Bertz CT molecular complexity index is 480. The first-order valence-electron chi connectivity index (χ1n) is 4.55. The summed E-state index contributed by atoms with van der Waals surface area (Å²) >= 11 is 0. The minimum absolute atomic E-state index is 0.234. The maximum Gasteiger partial charge on any atom is 0.193 e. The van der Waals surface area contributed by atoms with Gasteiger partial charge in [0.15, 0.2) is 14.9 Å². The largest absolute Gasteiger partial charge is 0.238 e. The number of aryl methyl sites for hydroxylation is 2. The molecule has 0 aromatic carbocycles. The zero-order valence-corrected chi connectivity index (χ0v) is 9.06. The van der Waals surface area contributed by atoms with E-state index in [0.29, 0.717) is 5.82 Å². The molecule has 1 aromatic rings. The second kappa shape index (κ2) is 3.02. The molecule has 0 saturated heterocycles. The van der Waals surface area contributed by atoms with Crippen LogP contribution in [0.25, 0.3) is 0 Å². The third-order valence-corrected chi connectivity index (χ3v) is 3.40. The number of rotatable bonds is 1. The van der Waals surface area contributed by atoms with E-state index in [0.717, 1.165) is 30.5 Å². The Labute approximate surface area is 83.3 Å². The Balaban J connectivity index is 2.72. The minimum atomic E-state index is -3.20. The van der Waals surface area contributed by atoms with Gasteiger partial charge in [-0.2, -0.15) is 0 Å². The summed E-state index contributed by atoms with van der Waals surface area (Å²) in [5.74, 6) is 0.547. The topological polar surface area (TPSA) is 59.9 Å². The molecule has 0 spiro atoms. The van der Waals surface area contributed by atoms with E-state index in [1.54, 1.807) is 6.92 Å². The van der Waals surface area contributed by atoms with Crippen LogP contribution in [0.15, 0.2) is 5.03 Å². The summed E-state index contributed by atoms with van der Waals surface area (Å²) in [6.45, 7) is 1.73. The van der Waals surface area contributed by atoms with Crippen LogP contribution in [0, 0.1) is 6.92 Å². The van der Waals surface area contributed by atoms with E-state index in [1.807, 2.05) is 0 Å². The highest BCUT2D eigenvalue weighted by Gasteiger charge is 2.23. The number of hydrogen-bond acceptors (Lipinski definition) is 4. The average Bonchev–Trinajstić information content (AvgIpc) is 2.47. The van der Waals surface area contributed by atoms with Crippen molar-refractivity contribution in [3.05, 3.63) is 17.1 Å². The van der Waals surface area contributed by atoms with Crippen LogP contribution in [0.5, 0.6) is 0 Å². The molecule has 0 atom stereocenters.